The van der Waals surface area contributed by atoms with E-state index in [4.69, 9.17) is 0 Å². The summed E-state index contributed by atoms with van der Waals surface area (Å²) in [5, 5.41) is 0. The Labute approximate surface area is 236 Å². The maximum Gasteiger partial charge on any atom is 0.159 e. The standard InChI is InChI=1S/C36H60N2/c1-3-5-7-9-11-13-14-15-16-18-20-22-24-26-34-31-37-36(38-32-34)35-29-27-33(28-30-35)25-23-21-19-17-12-10-8-6-4-2/h27-32H,3-26H2,1-2H3. The minimum Gasteiger partial charge on any atom is -0.236 e. The molecule has 2 rings (SSSR count). The third-order valence-electron chi connectivity index (χ3n) is 8.06. The Morgan fingerprint density at radius 3 is 1.13 bits per heavy atom. The quantitative estimate of drug-likeness (QED) is 0.122. The van der Waals surface area contributed by atoms with Crippen molar-refractivity contribution >= 4 is 0 Å². The van der Waals surface area contributed by atoms with Gasteiger partial charge in [-0.2, -0.15) is 0 Å². The minimum absolute atomic E-state index is 0.855. The molecule has 0 aliphatic heterocycles. The van der Waals surface area contributed by atoms with Gasteiger partial charge in [-0.15, -0.1) is 0 Å². The lowest BCUT2D eigenvalue weighted by Gasteiger charge is -2.06. The van der Waals surface area contributed by atoms with E-state index in [1.54, 1.807) is 0 Å². The van der Waals surface area contributed by atoms with Crippen LogP contribution in [0.1, 0.15) is 166 Å². The van der Waals surface area contributed by atoms with Crippen LogP contribution in [0.15, 0.2) is 36.7 Å². The molecule has 0 saturated heterocycles. The molecule has 0 spiro atoms. The SMILES string of the molecule is CCCCCCCCCCCCCCCc1cnc(-c2ccc(CCCCCCCCCCC)cc2)nc1. The van der Waals surface area contributed by atoms with E-state index in [0.717, 1.165) is 17.8 Å². The third-order valence-corrected chi connectivity index (χ3v) is 8.06. The van der Waals surface area contributed by atoms with Crippen molar-refractivity contribution in [3.8, 4) is 11.4 Å². The first-order valence-corrected chi connectivity index (χ1v) is 16.7. The van der Waals surface area contributed by atoms with Gasteiger partial charge in [0.05, 0.1) is 0 Å². The van der Waals surface area contributed by atoms with Crippen LogP contribution < -0.4 is 0 Å². The van der Waals surface area contributed by atoms with Crippen molar-refractivity contribution in [3.63, 3.8) is 0 Å². The Morgan fingerprint density at radius 2 is 0.737 bits per heavy atom. The fraction of sp³-hybridized carbons (Fsp3) is 0.722. The molecule has 2 heteroatoms. The van der Waals surface area contributed by atoms with Gasteiger partial charge in [0.2, 0.25) is 0 Å². The molecule has 38 heavy (non-hydrogen) atoms. The van der Waals surface area contributed by atoms with Crippen LogP contribution in [0.25, 0.3) is 11.4 Å². The molecule has 1 aromatic carbocycles. The maximum absolute atomic E-state index is 4.67. The van der Waals surface area contributed by atoms with Gasteiger partial charge in [-0.25, -0.2) is 9.97 Å². The van der Waals surface area contributed by atoms with Crippen molar-refractivity contribution in [3.05, 3.63) is 47.8 Å². The van der Waals surface area contributed by atoms with E-state index in [9.17, 15) is 0 Å². The van der Waals surface area contributed by atoms with Crippen molar-refractivity contribution in [1.29, 1.82) is 0 Å². The van der Waals surface area contributed by atoms with E-state index in [-0.39, 0.29) is 0 Å². The smallest absolute Gasteiger partial charge is 0.159 e. The van der Waals surface area contributed by atoms with Crippen LogP contribution in [0.4, 0.5) is 0 Å². The van der Waals surface area contributed by atoms with Gasteiger partial charge in [0, 0.05) is 18.0 Å². The lowest BCUT2D eigenvalue weighted by atomic mass is 10.0. The first kappa shape index (κ1) is 32.5. The van der Waals surface area contributed by atoms with Gasteiger partial charge in [-0.1, -0.05) is 167 Å². The Kier molecular flexibility index (Phi) is 19.9. The van der Waals surface area contributed by atoms with E-state index in [1.165, 1.54) is 159 Å². The normalized spacial score (nSPS) is 11.3. The molecular formula is C36H60N2. The van der Waals surface area contributed by atoms with Crippen LogP contribution in [0.5, 0.6) is 0 Å². The summed E-state index contributed by atoms with van der Waals surface area (Å²) >= 11 is 0. The van der Waals surface area contributed by atoms with Gasteiger partial charge < -0.3 is 0 Å². The molecule has 0 N–H and O–H groups in total. The fourth-order valence-electron chi connectivity index (χ4n) is 5.44. The van der Waals surface area contributed by atoms with Crippen molar-refractivity contribution < 1.29 is 0 Å². The monoisotopic (exact) mass is 520 g/mol. The summed E-state index contributed by atoms with van der Waals surface area (Å²) in [6.07, 6.45) is 37.1. The first-order chi connectivity index (χ1) is 18.8. The molecule has 0 fully saturated rings. The van der Waals surface area contributed by atoms with E-state index in [2.05, 4.69) is 48.1 Å². The molecule has 0 aliphatic carbocycles. The van der Waals surface area contributed by atoms with E-state index in [0.29, 0.717) is 0 Å². The maximum atomic E-state index is 4.67. The number of benzene rings is 1. The summed E-state index contributed by atoms with van der Waals surface area (Å²) in [4.78, 5) is 9.34. The summed E-state index contributed by atoms with van der Waals surface area (Å²) in [5.41, 5.74) is 3.85. The topological polar surface area (TPSA) is 25.8 Å². The van der Waals surface area contributed by atoms with E-state index in [1.807, 2.05) is 12.4 Å². The summed E-state index contributed by atoms with van der Waals surface area (Å²) in [5.74, 6) is 0.855. The van der Waals surface area contributed by atoms with Gasteiger partial charge in [0.1, 0.15) is 0 Å². The van der Waals surface area contributed by atoms with Crippen molar-refractivity contribution in [1.82, 2.24) is 9.97 Å². The lowest BCUT2D eigenvalue weighted by molar-refractivity contribution is 0.539. The molecule has 0 atom stereocenters. The highest BCUT2D eigenvalue weighted by Gasteiger charge is 2.03. The number of rotatable bonds is 25. The summed E-state index contributed by atoms with van der Waals surface area (Å²) in [6, 6.07) is 8.94. The second kappa shape index (κ2) is 23.2. The summed E-state index contributed by atoms with van der Waals surface area (Å²) < 4.78 is 0. The first-order valence-electron chi connectivity index (χ1n) is 16.7. The fourth-order valence-corrected chi connectivity index (χ4v) is 5.44. The van der Waals surface area contributed by atoms with Crippen LogP contribution >= 0.6 is 0 Å². The predicted octanol–water partition coefficient (Wildman–Crippen LogP) is 11.9. The van der Waals surface area contributed by atoms with Crippen LogP contribution in [-0.2, 0) is 12.8 Å². The number of aromatic nitrogens is 2. The largest absolute Gasteiger partial charge is 0.236 e. The number of hydrogen-bond donors (Lipinski definition) is 0. The van der Waals surface area contributed by atoms with Gasteiger partial charge in [-0.3, -0.25) is 0 Å². The van der Waals surface area contributed by atoms with Crippen LogP contribution in [0.3, 0.4) is 0 Å². The molecular weight excluding hydrogens is 460 g/mol. The molecule has 0 amide bonds. The summed E-state index contributed by atoms with van der Waals surface area (Å²) in [6.45, 7) is 4.58. The molecule has 0 unspecified atom stereocenters. The molecule has 2 aromatic rings. The third kappa shape index (κ3) is 16.3. The van der Waals surface area contributed by atoms with Crippen molar-refractivity contribution in [2.75, 3.05) is 0 Å². The number of hydrogen-bond acceptors (Lipinski definition) is 2. The Hall–Kier alpha value is -1.70. The van der Waals surface area contributed by atoms with Gasteiger partial charge in [0.25, 0.3) is 0 Å². The minimum atomic E-state index is 0.855. The lowest BCUT2D eigenvalue weighted by Crippen LogP contribution is -1.94. The zero-order valence-corrected chi connectivity index (χ0v) is 25.3. The number of unbranched alkanes of at least 4 members (excludes halogenated alkanes) is 20. The predicted molar refractivity (Wildman–Crippen MR) is 168 cm³/mol. The average Bonchev–Trinajstić information content (AvgIpc) is 2.95. The van der Waals surface area contributed by atoms with Gasteiger partial charge in [0.15, 0.2) is 5.82 Å². The van der Waals surface area contributed by atoms with Gasteiger partial charge >= 0.3 is 0 Å². The number of nitrogens with zero attached hydrogens (tertiary/aromatic N) is 2. The molecule has 1 heterocycles. The zero-order chi connectivity index (χ0) is 26.9. The van der Waals surface area contributed by atoms with E-state index >= 15 is 0 Å². The Morgan fingerprint density at radius 1 is 0.395 bits per heavy atom. The molecule has 1 aromatic heterocycles. The molecule has 0 radical (unpaired) electrons. The molecule has 0 bridgehead atoms. The Balaban J connectivity index is 1.49. The molecule has 2 nitrogen and oxygen atoms in total. The highest BCUT2D eigenvalue weighted by Crippen LogP contribution is 2.18. The number of aryl methyl sites for hydroxylation is 2. The van der Waals surface area contributed by atoms with Crippen molar-refractivity contribution in [2.24, 2.45) is 0 Å². The summed E-state index contributed by atoms with van der Waals surface area (Å²) in [7, 11) is 0. The Bertz CT molecular complexity index is 765. The molecule has 214 valence electrons. The van der Waals surface area contributed by atoms with Crippen LogP contribution in [0.2, 0.25) is 0 Å². The molecule has 0 saturated carbocycles. The zero-order valence-electron chi connectivity index (χ0n) is 25.3. The highest BCUT2D eigenvalue weighted by atomic mass is 14.9. The van der Waals surface area contributed by atoms with Crippen LogP contribution in [0, 0.1) is 0 Å². The molecule has 0 aliphatic rings. The second-order valence-electron chi connectivity index (χ2n) is 11.7. The van der Waals surface area contributed by atoms with Crippen molar-refractivity contribution in [2.45, 2.75) is 168 Å². The highest BCUT2D eigenvalue weighted by molar-refractivity contribution is 5.55. The second-order valence-corrected chi connectivity index (χ2v) is 11.7. The van der Waals surface area contributed by atoms with Gasteiger partial charge in [-0.05, 0) is 36.8 Å². The average molecular weight is 521 g/mol. The van der Waals surface area contributed by atoms with Crippen LogP contribution in [-0.4, -0.2) is 9.97 Å². The van der Waals surface area contributed by atoms with E-state index < -0.39 is 0 Å².